The maximum atomic E-state index is 14.7. The number of carbonyl (C=O) groups excluding carboxylic acids is 1. The predicted octanol–water partition coefficient (Wildman–Crippen LogP) is 6.73. The summed E-state index contributed by atoms with van der Waals surface area (Å²) in [6, 6.07) is 5.51. The van der Waals surface area contributed by atoms with E-state index < -0.39 is 67.6 Å². The second-order valence-corrected chi connectivity index (χ2v) is 12.4. The van der Waals surface area contributed by atoms with Gasteiger partial charge in [-0.3, -0.25) is 14.3 Å². The summed E-state index contributed by atoms with van der Waals surface area (Å²) in [5.41, 5.74) is -1.64. The van der Waals surface area contributed by atoms with E-state index in [2.05, 4.69) is 10.0 Å². The van der Waals surface area contributed by atoms with E-state index in [4.69, 9.17) is 21.4 Å². The first-order valence-electron chi connectivity index (χ1n) is 12.6. The van der Waals surface area contributed by atoms with Crippen LogP contribution in [0.5, 0.6) is 5.75 Å². The van der Waals surface area contributed by atoms with Gasteiger partial charge in [0.1, 0.15) is 16.8 Å². The topological polar surface area (TPSA) is 122 Å². The molecule has 0 radical (unpaired) electrons. The predicted molar refractivity (Wildman–Crippen MR) is 149 cm³/mol. The molecule has 2 unspecified atom stereocenters. The molecule has 42 heavy (non-hydrogen) atoms. The van der Waals surface area contributed by atoms with E-state index in [0.717, 1.165) is 12.1 Å². The monoisotopic (exact) mass is 632 g/mol. The molecule has 0 aromatic heterocycles. The summed E-state index contributed by atoms with van der Waals surface area (Å²) in [5.74, 6) is -2.88. The Morgan fingerprint density at radius 1 is 1.10 bits per heavy atom. The van der Waals surface area contributed by atoms with Gasteiger partial charge in [-0.15, -0.1) is 0 Å². The van der Waals surface area contributed by atoms with Crippen molar-refractivity contribution >= 4 is 39.2 Å². The van der Waals surface area contributed by atoms with Crippen LogP contribution in [0, 0.1) is 5.92 Å². The molecule has 0 aliphatic heterocycles. The van der Waals surface area contributed by atoms with E-state index in [0.29, 0.717) is 30.2 Å². The fraction of sp³-hybridized carbons (Fsp3) is 0.357. The summed E-state index contributed by atoms with van der Waals surface area (Å²) in [5, 5.41) is 11.1. The zero-order valence-electron chi connectivity index (χ0n) is 23.0. The van der Waals surface area contributed by atoms with E-state index in [1.54, 1.807) is 20.8 Å². The largest absolute Gasteiger partial charge is 0.481 e. The average Bonchev–Trinajstić information content (AvgIpc) is 2.86. The molecule has 0 spiro atoms. The number of amides is 1. The second kappa shape index (κ2) is 12.3. The first-order chi connectivity index (χ1) is 19.3. The summed E-state index contributed by atoms with van der Waals surface area (Å²) in [6.45, 7) is 6.98. The number of rotatable bonds is 10. The maximum Gasteiger partial charge on any atom is 0.416 e. The number of sulfonamides is 1. The molecule has 1 aliphatic rings. The zero-order chi connectivity index (χ0) is 31.6. The molecule has 1 amide bonds. The molecule has 14 heteroatoms. The maximum absolute atomic E-state index is 14.7. The van der Waals surface area contributed by atoms with E-state index in [1.165, 1.54) is 18.2 Å². The van der Waals surface area contributed by atoms with Gasteiger partial charge in [0, 0.05) is 17.0 Å². The van der Waals surface area contributed by atoms with E-state index in [-0.39, 0.29) is 22.8 Å². The van der Waals surface area contributed by atoms with Crippen molar-refractivity contribution in [3.63, 3.8) is 0 Å². The van der Waals surface area contributed by atoms with E-state index >= 15 is 0 Å². The standard InChI is InChI=1S/C28H29ClF4N2O6S/c1-5-27(3,4)34-26(38)16-6-8-22(41-23-14-20(30)17(10-15(23)2)12-25(36)37)21(11-16)35-42(39,40)24-9-7-18(13-19(24)29)28(31,32)33/h6-11,13-14,17,20,35H,5,12H2,1-4H3,(H,34,38)(H,36,37). The van der Waals surface area contributed by atoms with Gasteiger partial charge < -0.3 is 15.2 Å². The second-order valence-electron chi connectivity index (χ2n) is 10.3. The van der Waals surface area contributed by atoms with Gasteiger partial charge in [-0.2, -0.15) is 13.2 Å². The highest BCUT2D eigenvalue weighted by Crippen LogP contribution is 2.37. The first-order valence-corrected chi connectivity index (χ1v) is 14.5. The number of allylic oxidation sites excluding steroid dienone is 3. The SMILES string of the molecule is CCC(C)(C)NC(=O)c1ccc(OC2=CC(F)C(CC(=O)O)C=C2C)c(NS(=O)(=O)c2ccc(C(F)(F)F)cc2Cl)c1. The van der Waals surface area contributed by atoms with Crippen molar-refractivity contribution < 1.29 is 45.4 Å². The van der Waals surface area contributed by atoms with Crippen LogP contribution < -0.4 is 14.8 Å². The Morgan fingerprint density at radius 2 is 1.76 bits per heavy atom. The van der Waals surface area contributed by atoms with Crippen LogP contribution in [0.2, 0.25) is 5.02 Å². The number of alkyl halides is 4. The molecule has 0 fully saturated rings. The van der Waals surface area contributed by atoms with Crippen molar-refractivity contribution in [2.45, 2.75) is 63.3 Å². The van der Waals surface area contributed by atoms with E-state index in [1.807, 2.05) is 6.92 Å². The van der Waals surface area contributed by atoms with Crippen LogP contribution in [0.25, 0.3) is 0 Å². The van der Waals surface area contributed by atoms with Gasteiger partial charge in [0.15, 0.2) is 5.75 Å². The minimum absolute atomic E-state index is 0.0230. The molecule has 1 aliphatic carbocycles. The fourth-order valence-electron chi connectivity index (χ4n) is 3.90. The third kappa shape index (κ3) is 8.03. The number of carboxylic acid groups (broad SMARTS) is 1. The lowest BCUT2D eigenvalue weighted by atomic mass is 9.91. The molecule has 2 atom stereocenters. The lowest BCUT2D eigenvalue weighted by Gasteiger charge is -2.25. The zero-order valence-corrected chi connectivity index (χ0v) is 24.5. The van der Waals surface area contributed by atoms with Gasteiger partial charge in [0.2, 0.25) is 0 Å². The van der Waals surface area contributed by atoms with Crippen LogP contribution in [0.3, 0.4) is 0 Å². The molecule has 0 saturated heterocycles. The van der Waals surface area contributed by atoms with Crippen molar-refractivity contribution in [1.82, 2.24) is 5.32 Å². The smallest absolute Gasteiger partial charge is 0.416 e. The fourth-order valence-corrected chi connectivity index (χ4v) is 5.51. The number of benzene rings is 2. The van der Waals surface area contributed by atoms with Crippen LogP contribution in [-0.2, 0) is 21.0 Å². The van der Waals surface area contributed by atoms with Crippen LogP contribution in [0.1, 0.15) is 56.5 Å². The molecule has 0 bridgehead atoms. The molecular weight excluding hydrogens is 604 g/mol. The van der Waals surface area contributed by atoms with Crippen molar-refractivity contribution in [3.8, 4) is 5.75 Å². The Hall–Kier alpha value is -3.58. The summed E-state index contributed by atoms with van der Waals surface area (Å²) in [4.78, 5) is 23.3. The van der Waals surface area contributed by atoms with Crippen molar-refractivity contribution in [3.05, 3.63) is 76.0 Å². The first kappa shape index (κ1) is 32.9. The van der Waals surface area contributed by atoms with Crippen molar-refractivity contribution in [2.75, 3.05) is 4.72 Å². The summed E-state index contributed by atoms with van der Waals surface area (Å²) >= 11 is 5.92. The molecule has 0 saturated carbocycles. The Balaban J connectivity index is 2.04. The molecule has 8 nitrogen and oxygen atoms in total. The third-order valence-corrected chi connectivity index (χ3v) is 8.42. The molecular formula is C28H29ClF4N2O6S. The van der Waals surface area contributed by atoms with Gasteiger partial charge in [0.05, 0.1) is 22.7 Å². The van der Waals surface area contributed by atoms with Crippen LogP contribution in [-0.4, -0.2) is 37.1 Å². The lowest BCUT2D eigenvalue weighted by molar-refractivity contribution is -0.138. The van der Waals surface area contributed by atoms with Gasteiger partial charge in [-0.25, -0.2) is 12.8 Å². The van der Waals surface area contributed by atoms with Crippen LogP contribution in [0.4, 0.5) is 23.2 Å². The molecule has 3 rings (SSSR count). The van der Waals surface area contributed by atoms with Gasteiger partial charge in [-0.1, -0.05) is 24.6 Å². The minimum Gasteiger partial charge on any atom is -0.481 e. The molecule has 228 valence electrons. The lowest BCUT2D eigenvalue weighted by Crippen LogP contribution is -2.42. The molecule has 2 aromatic carbocycles. The Bertz CT molecular complexity index is 1550. The number of carbonyl (C=O) groups is 2. The summed E-state index contributed by atoms with van der Waals surface area (Å²) in [7, 11) is -4.63. The molecule has 0 heterocycles. The number of anilines is 1. The van der Waals surface area contributed by atoms with Crippen molar-refractivity contribution in [1.29, 1.82) is 0 Å². The molecule has 2 aromatic rings. The third-order valence-electron chi connectivity index (χ3n) is 6.57. The highest BCUT2D eigenvalue weighted by atomic mass is 35.5. The van der Waals surface area contributed by atoms with Gasteiger partial charge in [-0.05, 0) is 75.2 Å². The number of ether oxygens (including phenoxy) is 1. The Kier molecular flexibility index (Phi) is 9.68. The van der Waals surface area contributed by atoms with Gasteiger partial charge >= 0.3 is 12.1 Å². The number of hydrogen-bond donors (Lipinski definition) is 3. The number of nitrogens with one attached hydrogen (secondary N) is 2. The van der Waals surface area contributed by atoms with Crippen molar-refractivity contribution in [2.24, 2.45) is 5.92 Å². The van der Waals surface area contributed by atoms with Crippen LogP contribution in [0.15, 0.2) is 64.8 Å². The summed E-state index contributed by atoms with van der Waals surface area (Å²) < 4.78 is 88.5. The minimum atomic E-state index is -4.76. The quantitative estimate of drug-likeness (QED) is 0.250. The highest BCUT2D eigenvalue weighted by Gasteiger charge is 2.33. The Morgan fingerprint density at radius 3 is 2.33 bits per heavy atom. The highest BCUT2D eigenvalue weighted by molar-refractivity contribution is 7.92. The average molecular weight is 633 g/mol. The normalized spacial score (nSPS) is 17.6. The Labute approximate surface area is 245 Å². The number of hydrogen-bond acceptors (Lipinski definition) is 5. The number of carboxylic acids is 1. The summed E-state index contributed by atoms with van der Waals surface area (Å²) in [6.07, 6.45) is -3.91. The molecule has 3 N–H and O–H groups in total. The van der Waals surface area contributed by atoms with E-state index in [9.17, 15) is 35.6 Å². The number of halogens is 5. The number of aliphatic carboxylic acids is 1. The van der Waals surface area contributed by atoms with Gasteiger partial charge in [0.25, 0.3) is 15.9 Å². The van der Waals surface area contributed by atoms with Crippen LogP contribution >= 0.6 is 11.6 Å².